The summed E-state index contributed by atoms with van der Waals surface area (Å²) < 4.78 is 21.9. The van der Waals surface area contributed by atoms with Gasteiger partial charge in [-0.15, -0.1) is 0 Å². The molecule has 3 N–H and O–H groups in total. The summed E-state index contributed by atoms with van der Waals surface area (Å²) in [5.41, 5.74) is 1.95. The molecular formula is C22H28N8O4S. The van der Waals surface area contributed by atoms with Crippen molar-refractivity contribution in [2.75, 3.05) is 24.7 Å². The Morgan fingerprint density at radius 3 is 2.43 bits per heavy atom. The summed E-state index contributed by atoms with van der Waals surface area (Å²) in [7, 11) is 3.14. The summed E-state index contributed by atoms with van der Waals surface area (Å²) in [5, 5.41) is 10.1. The van der Waals surface area contributed by atoms with Crippen LogP contribution in [-0.2, 0) is 27.9 Å². The maximum atomic E-state index is 12.5. The van der Waals surface area contributed by atoms with Gasteiger partial charge in [0.2, 0.25) is 11.2 Å². The van der Waals surface area contributed by atoms with Gasteiger partial charge in [-0.05, 0) is 23.8 Å². The second-order valence-corrected chi connectivity index (χ2v) is 10.1. The molecule has 2 heterocycles. The molecule has 0 aliphatic carbocycles. The third-order valence-corrected chi connectivity index (χ3v) is 5.60. The van der Waals surface area contributed by atoms with Crippen molar-refractivity contribution in [3.63, 3.8) is 0 Å². The van der Waals surface area contributed by atoms with Gasteiger partial charge < -0.3 is 4.74 Å². The molecule has 1 unspecified atom stereocenters. The van der Waals surface area contributed by atoms with Crippen LogP contribution in [0.5, 0.6) is 0 Å². The molecule has 0 saturated heterocycles. The van der Waals surface area contributed by atoms with Gasteiger partial charge in [0.15, 0.2) is 0 Å². The van der Waals surface area contributed by atoms with Crippen molar-refractivity contribution in [1.29, 1.82) is 0 Å². The summed E-state index contributed by atoms with van der Waals surface area (Å²) in [6.07, 6.45) is 2.08. The minimum absolute atomic E-state index is 0.00443. The van der Waals surface area contributed by atoms with Gasteiger partial charge in [-0.1, -0.05) is 32.9 Å². The van der Waals surface area contributed by atoms with Crippen LogP contribution in [0.25, 0.3) is 5.69 Å². The van der Waals surface area contributed by atoms with E-state index in [0.717, 1.165) is 11.3 Å². The first-order chi connectivity index (χ1) is 16.5. The maximum Gasteiger partial charge on any atom is 0.420 e. The zero-order chi connectivity index (χ0) is 25.6. The smallest absolute Gasteiger partial charge is 0.420 e. The van der Waals surface area contributed by atoms with Crippen molar-refractivity contribution >= 4 is 34.9 Å². The van der Waals surface area contributed by atoms with Crippen molar-refractivity contribution in [3.8, 4) is 5.69 Å². The standard InChI is InChI=1S/C22H28N8O4S/c1-22(2,3)17-12-19(26-20(31)25-18-10-11-23-14-24-18)30(27-17)16-8-6-15(7-9-16)13-34-21(32)28-35(33)29(4)5/h6-12,14H,13H2,1-5H3,(H,28,32)(H2,23,24,25,26,31). The van der Waals surface area contributed by atoms with Gasteiger partial charge in [0.25, 0.3) is 0 Å². The van der Waals surface area contributed by atoms with Crippen molar-refractivity contribution in [2.24, 2.45) is 0 Å². The first-order valence-corrected chi connectivity index (χ1v) is 11.7. The Morgan fingerprint density at radius 1 is 1.11 bits per heavy atom. The second-order valence-electron chi connectivity index (χ2n) is 8.66. The summed E-state index contributed by atoms with van der Waals surface area (Å²) in [6, 6.07) is 10.0. The molecule has 1 aromatic carbocycles. The molecule has 3 rings (SSSR count). The third kappa shape index (κ3) is 7.32. The highest BCUT2D eigenvalue weighted by Gasteiger charge is 2.21. The van der Waals surface area contributed by atoms with Gasteiger partial charge in [-0.2, -0.15) is 5.10 Å². The van der Waals surface area contributed by atoms with Gasteiger partial charge in [0, 0.05) is 31.8 Å². The fraction of sp³-hybridized carbons (Fsp3) is 0.318. The zero-order valence-corrected chi connectivity index (χ0v) is 20.9. The minimum atomic E-state index is -1.66. The molecule has 0 saturated carbocycles. The first-order valence-electron chi connectivity index (χ1n) is 10.6. The number of urea groups is 1. The highest BCUT2D eigenvalue weighted by Crippen LogP contribution is 2.26. The Hall–Kier alpha value is -3.84. The van der Waals surface area contributed by atoms with E-state index in [2.05, 4.69) is 30.4 Å². The zero-order valence-electron chi connectivity index (χ0n) is 20.1. The number of ether oxygens (including phenoxy) is 1. The molecule has 186 valence electrons. The summed E-state index contributed by atoms with van der Waals surface area (Å²) in [5.74, 6) is 0.832. The highest BCUT2D eigenvalue weighted by molar-refractivity contribution is 7.81. The van der Waals surface area contributed by atoms with E-state index in [1.165, 1.54) is 16.8 Å². The number of hydrogen-bond acceptors (Lipinski definition) is 7. The molecule has 3 aromatic rings. The molecule has 13 heteroatoms. The van der Waals surface area contributed by atoms with Crippen molar-refractivity contribution < 1.29 is 18.5 Å². The lowest BCUT2D eigenvalue weighted by molar-refractivity contribution is 0.146. The lowest BCUT2D eigenvalue weighted by Crippen LogP contribution is -2.34. The van der Waals surface area contributed by atoms with E-state index < -0.39 is 23.3 Å². The first kappa shape index (κ1) is 25.8. The molecule has 35 heavy (non-hydrogen) atoms. The molecule has 2 aromatic heterocycles. The lowest BCUT2D eigenvalue weighted by Gasteiger charge is -2.14. The van der Waals surface area contributed by atoms with Crippen molar-refractivity contribution in [2.45, 2.75) is 32.8 Å². The maximum absolute atomic E-state index is 12.5. The topological polar surface area (TPSA) is 143 Å². The van der Waals surface area contributed by atoms with Crippen LogP contribution in [0.2, 0.25) is 0 Å². The number of nitrogens with zero attached hydrogens (tertiary/aromatic N) is 5. The van der Waals surface area contributed by atoms with Crippen molar-refractivity contribution in [3.05, 3.63) is 60.2 Å². The van der Waals surface area contributed by atoms with Crippen LogP contribution >= 0.6 is 0 Å². The quantitative estimate of drug-likeness (QED) is 0.452. The molecular weight excluding hydrogens is 472 g/mol. The van der Waals surface area contributed by atoms with E-state index >= 15 is 0 Å². The van der Waals surface area contributed by atoms with Crippen LogP contribution in [0.1, 0.15) is 32.0 Å². The number of carbonyl (C=O) groups excluding carboxylic acids is 2. The predicted octanol–water partition coefficient (Wildman–Crippen LogP) is 2.97. The second kappa shape index (κ2) is 11.1. The van der Waals surface area contributed by atoms with Gasteiger partial charge in [0.05, 0.1) is 11.4 Å². The number of nitrogens with one attached hydrogen (secondary N) is 3. The van der Waals surface area contributed by atoms with Crippen LogP contribution in [0, 0.1) is 0 Å². The molecule has 0 spiro atoms. The molecule has 3 amide bonds. The van der Waals surface area contributed by atoms with Crippen molar-refractivity contribution in [1.82, 2.24) is 28.8 Å². The van der Waals surface area contributed by atoms with Crippen LogP contribution in [0.15, 0.2) is 48.9 Å². The highest BCUT2D eigenvalue weighted by atomic mass is 32.2. The molecule has 1 atom stereocenters. The number of carbonyl (C=O) groups is 2. The molecule has 0 aliphatic rings. The monoisotopic (exact) mass is 500 g/mol. The summed E-state index contributed by atoms with van der Waals surface area (Å²) in [6.45, 7) is 6.08. The van der Waals surface area contributed by atoms with E-state index in [1.807, 2.05) is 26.8 Å². The van der Waals surface area contributed by atoms with Gasteiger partial charge >= 0.3 is 12.1 Å². The van der Waals surface area contributed by atoms with Gasteiger partial charge in [0.1, 0.15) is 24.6 Å². The third-order valence-electron chi connectivity index (χ3n) is 4.60. The Kier molecular flexibility index (Phi) is 8.14. The molecule has 0 aliphatic heterocycles. The average Bonchev–Trinajstić information content (AvgIpc) is 3.22. The van der Waals surface area contributed by atoms with Crippen LogP contribution in [0.4, 0.5) is 21.2 Å². The van der Waals surface area contributed by atoms with E-state index in [-0.39, 0.29) is 12.0 Å². The van der Waals surface area contributed by atoms with Crippen LogP contribution < -0.4 is 15.4 Å². The van der Waals surface area contributed by atoms with Crippen LogP contribution in [0.3, 0.4) is 0 Å². The SMILES string of the molecule is CN(C)S(=O)NC(=O)OCc1ccc(-n2nc(C(C)(C)C)cc2NC(=O)Nc2ccncn2)cc1. The van der Waals surface area contributed by atoms with Crippen LogP contribution in [-0.4, -0.2) is 54.5 Å². The Balaban J connectivity index is 1.74. The Bertz CT molecular complexity index is 1190. The van der Waals surface area contributed by atoms with Gasteiger partial charge in [-0.25, -0.2) is 37.5 Å². The number of amides is 3. The largest absolute Gasteiger partial charge is 0.444 e. The number of anilines is 2. The molecule has 0 bridgehead atoms. The molecule has 0 radical (unpaired) electrons. The number of rotatable bonds is 7. The van der Waals surface area contributed by atoms with Gasteiger partial charge in [-0.3, -0.25) is 10.6 Å². The molecule has 0 fully saturated rings. The Morgan fingerprint density at radius 2 is 1.83 bits per heavy atom. The number of benzene rings is 1. The van der Waals surface area contributed by atoms with E-state index in [4.69, 9.17) is 4.74 Å². The lowest BCUT2D eigenvalue weighted by atomic mass is 9.92. The summed E-state index contributed by atoms with van der Waals surface area (Å²) >= 11 is -1.66. The normalized spacial score (nSPS) is 12.2. The number of aromatic nitrogens is 4. The van der Waals surface area contributed by atoms with E-state index in [0.29, 0.717) is 17.3 Å². The predicted molar refractivity (Wildman–Crippen MR) is 132 cm³/mol. The number of hydrogen-bond donors (Lipinski definition) is 3. The van der Waals surface area contributed by atoms with E-state index in [9.17, 15) is 13.8 Å². The fourth-order valence-electron chi connectivity index (χ4n) is 2.74. The fourth-order valence-corrected chi connectivity index (χ4v) is 3.12. The Labute approximate surface area is 205 Å². The minimum Gasteiger partial charge on any atom is -0.444 e. The molecule has 12 nitrogen and oxygen atoms in total. The average molecular weight is 501 g/mol. The van der Waals surface area contributed by atoms with E-state index in [1.54, 1.807) is 49.1 Å². The summed E-state index contributed by atoms with van der Waals surface area (Å²) in [4.78, 5) is 32.1.